The van der Waals surface area contributed by atoms with Crippen molar-refractivity contribution in [1.82, 2.24) is 5.43 Å². The molecule has 0 saturated carbocycles. The number of hydrogen-bond acceptors (Lipinski definition) is 3. The first-order valence-electron chi connectivity index (χ1n) is 5.23. The Kier molecular flexibility index (Phi) is 5.22. The number of nitrogens with zero attached hydrogens (tertiary/aromatic N) is 1. The molecule has 0 bridgehead atoms. The fourth-order valence-electron chi connectivity index (χ4n) is 1.11. The Hall–Kier alpha value is -1.68. The molecule has 1 unspecified atom stereocenters. The summed E-state index contributed by atoms with van der Waals surface area (Å²) in [5.41, 5.74) is 3.33. The van der Waals surface area contributed by atoms with E-state index in [0.717, 1.165) is 5.56 Å². The van der Waals surface area contributed by atoms with E-state index in [4.69, 9.17) is 5.11 Å². The smallest absolute Gasteiger partial charge is 0.240 e. The molecule has 0 aromatic heterocycles. The highest BCUT2D eigenvalue weighted by Crippen LogP contribution is 1.96. The third-order valence-electron chi connectivity index (χ3n) is 1.99. The third-order valence-corrected chi connectivity index (χ3v) is 1.99. The van der Waals surface area contributed by atoms with Crippen LogP contribution in [0, 0.1) is 0 Å². The zero-order valence-electron chi connectivity index (χ0n) is 9.26. The van der Waals surface area contributed by atoms with Gasteiger partial charge in [-0.05, 0) is 18.9 Å². The van der Waals surface area contributed by atoms with Crippen LogP contribution in [0.15, 0.2) is 35.4 Å². The standard InChI is InChI=1S/C12H16N2O2/c1-10(15)7-8-12(16)14-13-9-11-5-3-2-4-6-11/h2-6,9-10,15H,7-8H2,1H3,(H,14,16)/b13-9+. The summed E-state index contributed by atoms with van der Waals surface area (Å²) in [6.07, 6.45) is 1.86. The van der Waals surface area contributed by atoms with E-state index < -0.39 is 6.10 Å². The van der Waals surface area contributed by atoms with Crippen LogP contribution in [-0.2, 0) is 4.79 Å². The number of hydrazone groups is 1. The molecule has 86 valence electrons. The van der Waals surface area contributed by atoms with Crippen LogP contribution in [0.2, 0.25) is 0 Å². The van der Waals surface area contributed by atoms with Crippen LogP contribution in [0.3, 0.4) is 0 Å². The van der Waals surface area contributed by atoms with E-state index in [9.17, 15) is 4.79 Å². The largest absolute Gasteiger partial charge is 0.393 e. The highest BCUT2D eigenvalue weighted by atomic mass is 16.3. The van der Waals surface area contributed by atoms with Gasteiger partial charge in [0.15, 0.2) is 0 Å². The summed E-state index contributed by atoms with van der Waals surface area (Å²) in [6.45, 7) is 1.65. The Morgan fingerprint density at radius 1 is 1.50 bits per heavy atom. The van der Waals surface area contributed by atoms with E-state index in [-0.39, 0.29) is 12.3 Å². The summed E-state index contributed by atoms with van der Waals surface area (Å²) in [7, 11) is 0. The van der Waals surface area contributed by atoms with Crippen LogP contribution in [0.4, 0.5) is 0 Å². The lowest BCUT2D eigenvalue weighted by Gasteiger charge is -2.01. The summed E-state index contributed by atoms with van der Waals surface area (Å²) in [6, 6.07) is 9.50. The molecule has 0 spiro atoms. The molecule has 0 fully saturated rings. The van der Waals surface area contributed by atoms with Crippen molar-refractivity contribution in [2.45, 2.75) is 25.9 Å². The van der Waals surface area contributed by atoms with E-state index in [1.165, 1.54) is 0 Å². The number of carbonyl (C=O) groups excluding carboxylic acids is 1. The molecule has 1 amide bonds. The number of carbonyl (C=O) groups is 1. The van der Waals surface area contributed by atoms with Gasteiger partial charge in [-0.1, -0.05) is 30.3 Å². The van der Waals surface area contributed by atoms with Crippen molar-refractivity contribution in [3.63, 3.8) is 0 Å². The van der Waals surface area contributed by atoms with Gasteiger partial charge in [0.25, 0.3) is 0 Å². The molecule has 1 rings (SSSR count). The SMILES string of the molecule is CC(O)CCC(=O)N/N=C/c1ccccc1. The predicted octanol–water partition coefficient (Wildman–Crippen LogP) is 1.30. The number of aliphatic hydroxyl groups excluding tert-OH is 1. The molecule has 16 heavy (non-hydrogen) atoms. The minimum absolute atomic E-state index is 0.187. The zero-order valence-corrected chi connectivity index (χ0v) is 9.26. The van der Waals surface area contributed by atoms with Gasteiger partial charge < -0.3 is 5.11 Å². The molecule has 2 N–H and O–H groups in total. The van der Waals surface area contributed by atoms with Gasteiger partial charge in [0, 0.05) is 6.42 Å². The van der Waals surface area contributed by atoms with Crippen molar-refractivity contribution in [3.05, 3.63) is 35.9 Å². The molecule has 0 aliphatic rings. The second-order valence-electron chi connectivity index (χ2n) is 3.59. The molecule has 0 aliphatic heterocycles. The first-order valence-corrected chi connectivity index (χ1v) is 5.23. The lowest BCUT2D eigenvalue weighted by Crippen LogP contribution is -2.18. The molecule has 0 saturated heterocycles. The monoisotopic (exact) mass is 220 g/mol. The van der Waals surface area contributed by atoms with Crippen LogP contribution in [0.1, 0.15) is 25.3 Å². The number of nitrogens with one attached hydrogen (secondary N) is 1. The minimum Gasteiger partial charge on any atom is -0.393 e. The van der Waals surface area contributed by atoms with Crippen molar-refractivity contribution < 1.29 is 9.90 Å². The van der Waals surface area contributed by atoms with Gasteiger partial charge in [0.05, 0.1) is 12.3 Å². The third kappa shape index (κ3) is 5.26. The van der Waals surface area contributed by atoms with Gasteiger partial charge in [-0.15, -0.1) is 0 Å². The molecular weight excluding hydrogens is 204 g/mol. The number of aliphatic hydroxyl groups is 1. The molecular formula is C12H16N2O2. The van der Waals surface area contributed by atoms with Crippen molar-refractivity contribution in [2.75, 3.05) is 0 Å². The van der Waals surface area contributed by atoms with Gasteiger partial charge in [0.1, 0.15) is 0 Å². The summed E-state index contributed by atoms with van der Waals surface area (Å²) in [5.74, 6) is -0.187. The predicted molar refractivity (Wildman–Crippen MR) is 63.1 cm³/mol. The first-order chi connectivity index (χ1) is 7.68. The van der Waals surface area contributed by atoms with Crippen LogP contribution in [0.25, 0.3) is 0 Å². The summed E-state index contributed by atoms with van der Waals surface area (Å²) >= 11 is 0. The second-order valence-corrected chi connectivity index (χ2v) is 3.59. The fraction of sp³-hybridized carbons (Fsp3) is 0.333. The van der Waals surface area contributed by atoms with Crippen molar-refractivity contribution in [1.29, 1.82) is 0 Å². The lowest BCUT2D eigenvalue weighted by molar-refractivity contribution is -0.121. The van der Waals surface area contributed by atoms with Crippen LogP contribution in [-0.4, -0.2) is 23.3 Å². The maximum atomic E-state index is 11.2. The maximum Gasteiger partial charge on any atom is 0.240 e. The normalized spacial score (nSPS) is 12.6. The highest BCUT2D eigenvalue weighted by molar-refractivity contribution is 5.82. The number of hydrogen-bond donors (Lipinski definition) is 2. The number of benzene rings is 1. The van der Waals surface area contributed by atoms with Crippen molar-refractivity contribution >= 4 is 12.1 Å². The van der Waals surface area contributed by atoms with Gasteiger partial charge in [0.2, 0.25) is 5.91 Å². The van der Waals surface area contributed by atoms with Gasteiger partial charge >= 0.3 is 0 Å². The Labute approximate surface area is 95.0 Å². The Balaban J connectivity index is 2.29. The fourth-order valence-corrected chi connectivity index (χ4v) is 1.11. The van der Waals surface area contributed by atoms with E-state index in [1.807, 2.05) is 30.3 Å². The molecule has 0 radical (unpaired) electrons. The lowest BCUT2D eigenvalue weighted by atomic mass is 10.2. The Bertz CT molecular complexity index is 347. The quantitative estimate of drug-likeness (QED) is 0.580. The van der Waals surface area contributed by atoms with Gasteiger partial charge in [-0.25, -0.2) is 5.43 Å². The molecule has 1 aromatic rings. The van der Waals surface area contributed by atoms with Crippen LogP contribution >= 0.6 is 0 Å². The number of rotatable bonds is 5. The van der Waals surface area contributed by atoms with Gasteiger partial charge in [-0.2, -0.15) is 5.10 Å². The molecule has 4 nitrogen and oxygen atoms in total. The molecule has 1 aromatic carbocycles. The average molecular weight is 220 g/mol. The van der Waals surface area contributed by atoms with Gasteiger partial charge in [-0.3, -0.25) is 4.79 Å². The van der Waals surface area contributed by atoms with E-state index >= 15 is 0 Å². The van der Waals surface area contributed by atoms with Crippen LogP contribution in [0.5, 0.6) is 0 Å². The van der Waals surface area contributed by atoms with Crippen molar-refractivity contribution in [2.24, 2.45) is 5.10 Å². The maximum absolute atomic E-state index is 11.2. The highest BCUT2D eigenvalue weighted by Gasteiger charge is 2.01. The van der Waals surface area contributed by atoms with E-state index in [0.29, 0.717) is 6.42 Å². The minimum atomic E-state index is -0.455. The summed E-state index contributed by atoms with van der Waals surface area (Å²) < 4.78 is 0. The molecule has 4 heteroatoms. The molecule has 1 atom stereocenters. The second kappa shape index (κ2) is 6.74. The van der Waals surface area contributed by atoms with Crippen molar-refractivity contribution in [3.8, 4) is 0 Å². The Morgan fingerprint density at radius 3 is 2.81 bits per heavy atom. The topological polar surface area (TPSA) is 61.7 Å². The molecule has 0 aliphatic carbocycles. The number of amides is 1. The Morgan fingerprint density at radius 2 is 2.19 bits per heavy atom. The van der Waals surface area contributed by atoms with E-state index in [2.05, 4.69) is 10.5 Å². The average Bonchev–Trinajstić information content (AvgIpc) is 2.28. The zero-order chi connectivity index (χ0) is 11.8. The summed E-state index contributed by atoms with van der Waals surface area (Å²) in [4.78, 5) is 11.2. The summed E-state index contributed by atoms with van der Waals surface area (Å²) in [5, 5.41) is 12.8. The first kappa shape index (κ1) is 12.4. The van der Waals surface area contributed by atoms with E-state index in [1.54, 1.807) is 13.1 Å². The van der Waals surface area contributed by atoms with Crippen LogP contribution < -0.4 is 5.43 Å². The molecule has 0 heterocycles.